The molecule has 16 heavy (non-hydrogen) atoms. The Labute approximate surface area is 102 Å². The van der Waals surface area contributed by atoms with E-state index in [9.17, 15) is 0 Å². The molecule has 0 spiro atoms. The van der Waals surface area contributed by atoms with Gasteiger partial charge in [-0.3, -0.25) is 4.90 Å². The standard InChI is InChI=1S/C13H19ClN2/c1-2-7-16(11-4-5-11)9-10-3-6-12(14)13(15)8-10/h3,6,8,11H,2,4-5,7,9,15H2,1H3. The highest BCUT2D eigenvalue weighted by molar-refractivity contribution is 6.33. The van der Waals surface area contributed by atoms with Gasteiger partial charge in [-0.1, -0.05) is 24.6 Å². The van der Waals surface area contributed by atoms with Gasteiger partial charge in [0, 0.05) is 12.6 Å². The fourth-order valence-electron chi connectivity index (χ4n) is 2.04. The topological polar surface area (TPSA) is 29.3 Å². The van der Waals surface area contributed by atoms with Crippen molar-refractivity contribution in [1.29, 1.82) is 0 Å². The van der Waals surface area contributed by atoms with E-state index in [0.29, 0.717) is 10.7 Å². The Morgan fingerprint density at radius 3 is 2.75 bits per heavy atom. The predicted octanol–water partition coefficient (Wildman–Crippen LogP) is 3.30. The van der Waals surface area contributed by atoms with E-state index >= 15 is 0 Å². The highest BCUT2D eigenvalue weighted by Gasteiger charge is 2.28. The minimum Gasteiger partial charge on any atom is -0.398 e. The van der Waals surface area contributed by atoms with Gasteiger partial charge in [0.1, 0.15) is 0 Å². The first-order valence-electron chi connectivity index (χ1n) is 5.98. The molecular weight excluding hydrogens is 220 g/mol. The first kappa shape index (κ1) is 11.7. The molecular formula is C13H19ClN2. The maximum absolute atomic E-state index is 5.91. The minimum absolute atomic E-state index is 0.650. The molecule has 2 nitrogen and oxygen atoms in total. The fourth-order valence-corrected chi connectivity index (χ4v) is 2.16. The van der Waals surface area contributed by atoms with Crippen LogP contribution in [-0.2, 0) is 6.54 Å². The SMILES string of the molecule is CCCN(Cc1ccc(Cl)c(N)c1)C1CC1. The van der Waals surface area contributed by atoms with Crippen LogP contribution in [0.5, 0.6) is 0 Å². The molecule has 1 aliphatic rings. The van der Waals surface area contributed by atoms with E-state index in [-0.39, 0.29) is 0 Å². The number of halogens is 1. The van der Waals surface area contributed by atoms with Gasteiger partial charge in [0.25, 0.3) is 0 Å². The van der Waals surface area contributed by atoms with E-state index in [1.807, 2.05) is 12.1 Å². The third-order valence-electron chi connectivity index (χ3n) is 3.02. The summed E-state index contributed by atoms with van der Waals surface area (Å²) >= 11 is 5.91. The minimum atomic E-state index is 0.650. The Morgan fingerprint density at radius 1 is 1.44 bits per heavy atom. The van der Waals surface area contributed by atoms with Gasteiger partial charge in [0.15, 0.2) is 0 Å². The Bertz CT molecular complexity index is 361. The molecule has 0 unspecified atom stereocenters. The van der Waals surface area contributed by atoms with Crippen molar-refractivity contribution in [3.63, 3.8) is 0 Å². The third kappa shape index (κ3) is 2.89. The smallest absolute Gasteiger partial charge is 0.0635 e. The number of nitrogens with two attached hydrogens (primary N) is 1. The molecule has 1 fully saturated rings. The van der Waals surface area contributed by atoms with Gasteiger partial charge in [-0.25, -0.2) is 0 Å². The van der Waals surface area contributed by atoms with Crippen molar-refractivity contribution in [3.05, 3.63) is 28.8 Å². The maximum Gasteiger partial charge on any atom is 0.0635 e. The molecule has 1 saturated carbocycles. The normalized spacial score (nSPS) is 15.7. The number of anilines is 1. The van der Waals surface area contributed by atoms with Gasteiger partial charge < -0.3 is 5.73 Å². The summed E-state index contributed by atoms with van der Waals surface area (Å²) in [7, 11) is 0. The van der Waals surface area contributed by atoms with Crippen LogP contribution in [0, 0.1) is 0 Å². The molecule has 0 saturated heterocycles. The zero-order chi connectivity index (χ0) is 11.5. The van der Waals surface area contributed by atoms with E-state index in [2.05, 4.69) is 17.9 Å². The quantitative estimate of drug-likeness (QED) is 0.798. The molecule has 0 amide bonds. The monoisotopic (exact) mass is 238 g/mol. The van der Waals surface area contributed by atoms with Crippen molar-refractivity contribution in [2.24, 2.45) is 0 Å². The molecule has 0 atom stereocenters. The summed E-state index contributed by atoms with van der Waals surface area (Å²) in [5.41, 5.74) is 7.76. The van der Waals surface area contributed by atoms with Gasteiger partial charge in [-0.15, -0.1) is 0 Å². The van der Waals surface area contributed by atoms with Crippen molar-refractivity contribution >= 4 is 17.3 Å². The summed E-state index contributed by atoms with van der Waals surface area (Å²) in [4.78, 5) is 2.54. The summed E-state index contributed by atoms with van der Waals surface area (Å²) in [5, 5.41) is 0.650. The average molecular weight is 239 g/mol. The number of nitrogen functional groups attached to an aromatic ring is 1. The Kier molecular flexibility index (Phi) is 3.72. The molecule has 0 aliphatic heterocycles. The number of hydrogen-bond acceptors (Lipinski definition) is 2. The Balaban J connectivity index is 2.03. The van der Waals surface area contributed by atoms with Crippen LogP contribution in [0.1, 0.15) is 31.7 Å². The fraction of sp³-hybridized carbons (Fsp3) is 0.538. The van der Waals surface area contributed by atoms with E-state index in [1.165, 1.54) is 31.4 Å². The largest absolute Gasteiger partial charge is 0.398 e. The van der Waals surface area contributed by atoms with Crippen LogP contribution in [0.2, 0.25) is 5.02 Å². The van der Waals surface area contributed by atoms with Crippen LogP contribution in [0.15, 0.2) is 18.2 Å². The first-order valence-corrected chi connectivity index (χ1v) is 6.36. The van der Waals surface area contributed by atoms with E-state index < -0.39 is 0 Å². The number of nitrogens with zero attached hydrogens (tertiary/aromatic N) is 1. The lowest BCUT2D eigenvalue weighted by molar-refractivity contribution is 0.255. The number of benzene rings is 1. The Morgan fingerprint density at radius 2 is 2.19 bits per heavy atom. The van der Waals surface area contributed by atoms with Crippen LogP contribution in [0.25, 0.3) is 0 Å². The van der Waals surface area contributed by atoms with Crippen molar-refractivity contribution in [1.82, 2.24) is 4.90 Å². The summed E-state index contributed by atoms with van der Waals surface area (Å²) < 4.78 is 0. The van der Waals surface area contributed by atoms with Gasteiger partial charge >= 0.3 is 0 Å². The highest BCUT2D eigenvalue weighted by atomic mass is 35.5. The lowest BCUT2D eigenvalue weighted by Crippen LogP contribution is -2.26. The molecule has 3 heteroatoms. The molecule has 1 aromatic carbocycles. The Hall–Kier alpha value is -0.730. The predicted molar refractivity (Wildman–Crippen MR) is 69.6 cm³/mol. The second-order valence-corrected chi connectivity index (χ2v) is 4.96. The van der Waals surface area contributed by atoms with Crippen molar-refractivity contribution in [2.45, 2.75) is 38.8 Å². The van der Waals surface area contributed by atoms with E-state index in [0.717, 1.165) is 12.6 Å². The summed E-state index contributed by atoms with van der Waals surface area (Å²) in [5.74, 6) is 0. The maximum atomic E-state index is 5.91. The first-order chi connectivity index (χ1) is 7.70. The van der Waals surface area contributed by atoms with Gasteiger partial charge in [0.05, 0.1) is 10.7 Å². The van der Waals surface area contributed by atoms with Crippen LogP contribution in [-0.4, -0.2) is 17.5 Å². The number of hydrogen-bond donors (Lipinski definition) is 1. The lowest BCUT2D eigenvalue weighted by atomic mass is 10.2. The highest BCUT2D eigenvalue weighted by Crippen LogP contribution is 2.29. The molecule has 0 radical (unpaired) electrons. The summed E-state index contributed by atoms with van der Waals surface area (Å²) in [6, 6.07) is 6.76. The molecule has 1 aromatic rings. The molecule has 2 rings (SSSR count). The van der Waals surface area contributed by atoms with Crippen LogP contribution in [0.3, 0.4) is 0 Å². The molecule has 0 bridgehead atoms. The van der Waals surface area contributed by atoms with E-state index in [4.69, 9.17) is 17.3 Å². The zero-order valence-electron chi connectivity index (χ0n) is 9.75. The second-order valence-electron chi connectivity index (χ2n) is 4.56. The summed E-state index contributed by atoms with van der Waals surface area (Å²) in [6.45, 7) is 4.40. The van der Waals surface area contributed by atoms with Crippen LogP contribution in [0.4, 0.5) is 5.69 Å². The number of rotatable bonds is 5. The van der Waals surface area contributed by atoms with E-state index in [1.54, 1.807) is 0 Å². The second kappa shape index (κ2) is 5.07. The molecule has 0 heterocycles. The average Bonchev–Trinajstić information content (AvgIpc) is 3.06. The zero-order valence-corrected chi connectivity index (χ0v) is 10.5. The van der Waals surface area contributed by atoms with Crippen molar-refractivity contribution in [3.8, 4) is 0 Å². The van der Waals surface area contributed by atoms with Crippen molar-refractivity contribution in [2.75, 3.05) is 12.3 Å². The molecule has 1 aliphatic carbocycles. The summed E-state index contributed by atoms with van der Waals surface area (Å²) in [6.07, 6.45) is 3.91. The lowest BCUT2D eigenvalue weighted by Gasteiger charge is -2.21. The van der Waals surface area contributed by atoms with Crippen LogP contribution >= 0.6 is 11.6 Å². The van der Waals surface area contributed by atoms with Gasteiger partial charge in [-0.05, 0) is 43.5 Å². The molecule has 2 N–H and O–H groups in total. The molecule has 0 aromatic heterocycles. The van der Waals surface area contributed by atoms with Crippen LogP contribution < -0.4 is 5.73 Å². The van der Waals surface area contributed by atoms with Gasteiger partial charge in [-0.2, -0.15) is 0 Å². The molecule has 88 valence electrons. The van der Waals surface area contributed by atoms with Crippen molar-refractivity contribution < 1.29 is 0 Å². The third-order valence-corrected chi connectivity index (χ3v) is 3.36. The van der Waals surface area contributed by atoms with Gasteiger partial charge in [0.2, 0.25) is 0 Å².